The lowest BCUT2D eigenvalue weighted by molar-refractivity contribution is 0.192. The van der Waals surface area contributed by atoms with Crippen molar-refractivity contribution < 1.29 is 4.79 Å². The highest BCUT2D eigenvalue weighted by atomic mass is 79.9. The molecule has 3 aromatic heterocycles. The van der Waals surface area contributed by atoms with Crippen molar-refractivity contribution in [2.75, 3.05) is 23.7 Å². The number of piperidine rings is 1. The second kappa shape index (κ2) is 9.99. The number of carbonyl (C=O) groups excluding carboxylic acids is 1. The predicted molar refractivity (Wildman–Crippen MR) is 136 cm³/mol. The monoisotopic (exact) mass is 539 g/mol. The Labute approximate surface area is 210 Å². The summed E-state index contributed by atoms with van der Waals surface area (Å²) in [5.41, 5.74) is 3.43. The van der Waals surface area contributed by atoms with Crippen LogP contribution in [0.3, 0.4) is 0 Å². The van der Waals surface area contributed by atoms with Crippen LogP contribution in [0.25, 0.3) is 5.65 Å². The number of fused-ring (bicyclic) bond motifs is 1. The second-order valence-corrected chi connectivity index (χ2v) is 9.53. The summed E-state index contributed by atoms with van der Waals surface area (Å²) in [5, 5.41) is 11.5. The summed E-state index contributed by atoms with van der Waals surface area (Å²) in [4.78, 5) is 23.8. The molecule has 0 spiro atoms. The molecule has 2 amide bonds. The van der Waals surface area contributed by atoms with E-state index in [0.29, 0.717) is 30.3 Å². The first-order chi connectivity index (χ1) is 16.6. The average molecular weight is 541 g/mol. The maximum atomic E-state index is 12.9. The Morgan fingerprint density at radius 1 is 1.21 bits per heavy atom. The Kier molecular flexibility index (Phi) is 6.64. The molecular formula is C24H23BrClN7O. The van der Waals surface area contributed by atoms with E-state index in [9.17, 15) is 4.79 Å². The van der Waals surface area contributed by atoms with Crippen molar-refractivity contribution in [3.05, 3.63) is 81.8 Å². The van der Waals surface area contributed by atoms with Gasteiger partial charge in [-0.3, -0.25) is 4.98 Å². The first-order valence-corrected chi connectivity index (χ1v) is 12.2. The van der Waals surface area contributed by atoms with Gasteiger partial charge in [-0.15, -0.1) is 0 Å². The molecule has 10 heteroatoms. The molecule has 4 aromatic rings. The molecule has 0 saturated carbocycles. The molecule has 1 aliphatic rings. The van der Waals surface area contributed by atoms with Crippen molar-refractivity contribution >= 4 is 50.7 Å². The minimum atomic E-state index is -0.131. The number of hydrogen-bond acceptors (Lipinski definition) is 5. The van der Waals surface area contributed by atoms with Gasteiger partial charge in [0.25, 0.3) is 0 Å². The van der Waals surface area contributed by atoms with Crippen molar-refractivity contribution in [1.29, 1.82) is 0 Å². The molecule has 1 fully saturated rings. The molecule has 1 saturated heterocycles. The lowest BCUT2D eigenvalue weighted by Crippen LogP contribution is -2.41. The highest BCUT2D eigenvalue weighted by molar-refractivity contribution is 9.10. The van der Waals surface area contributed by atoms with Crippen LogP contribution in [0.5, 0.6) is 0 Å². The largest absolute Gasteiger partial charge is 0.366 e. The number of likely N-dealkylation sites (tertiary alicyclic amines) is 1. The van der Waals surface area contributed by atoms with Gasteiger partial charge in [-0.25, -0.2) is 9.78 Å². The van der Waals surface area contributed by atoms with Gasteiger partial charge in [0, 0.05) is 54.7 Å². The van der Waals surface area contributed by atoms with Gasteiger partial charge in [0.2, 0.25) is 0 Å². The van der Waals surface area contributed by atoms with E-state index in [4.69, 9.17) is 16.6 Å². The van der Waals surface area contributed by atoms with E-state index in [1.165, 1.54) is 0 Å². The standard InChI is InChI=1S/C24H23BrClN7O/c25-20-14-29-33-22(28-13-16-4-2-8-27-12-16)11-21(31-23(20)33)17-5-3-9-32(15-17)24(34)30-19-7-1-6-18(26)10-19/h1-2,4,6-8,10-12,14,17,28H,3,5,9,13,15H2,(H,30,34). The molecule has 0 aliphatic carbocycles. The Morgan fingerprint density at radius 3 is 2.94 bits per heavy atom. The number of hydrogen-bond donors (Lipinski definition) is 2. The number of nitrogens with one attached hydrogen (secondary N) is 2. The number of rotatable bonds is 5. The molecule has 1 aliphatic heterocycles. The van der Waals surface area contributed by atoms with Gasteiger partial charge in [-0.2, -0.15) is 9.61 Å². The normalized spacial score (nSPS) is 15.9. The number of amides is 2. The number of aromatic nitrogens is 4. The first kappa shape index (κ1) is 22.6. The van der Waals surface area contributed by atoms with Crippen molar-refractivity contribution in [3.8, 4) is 0 Å². The molecule has 5 rings (SSSR count). The maximum Gasteiger partial charge on any atom is 0.321 e. The van der Waals surface area contributed by atoms with E-state index in [0.717, 1.165) is 40.0 Å². The van der Waals surface area contributed by atoms with Gasteiger partial charge in [0.05, 0.1) is 16.4 Å². The number of urea groups is 1. The number of anilines is 2. The average Bonchev–Trinajstić information content (AvgIpc) is 3.24. The molecular weight excluding hydrogens is 518 g/mol. The Balaban J connectivity index is 1.36. The topological polar surface area (TPSA) is 87.5 Å². The van der Waals surface area contributed by atoms with Crippen LogP contribution in [0.4, 0.5) is 16.3 Å². The zero-order valence-corrected chi connectivity index (χ0v) is 20.6. The van der Waals surface area contributed by atoms with Gasteiger partial charge < -0.3 is 15.5 Å². The minimum Gasteiger partial charge on any atom is -0.366 e. The van der Waals surface area contributed by atoms with Crippen LogP contribution in [0.2, 0.25) is 5.02 Å². The third-order valence-electron chi connectivity index (χ3n) is 5.85. The Hall–Kier alpha value is -3.17. The summed E-state index contributed by atoms with van der Waals surface area (Å²) in [5.74, 6) is 0.958. The van der Waals surface area contributed by atoms with Crippen LogP contribution in [0, 0.1) is 0 Å². The number of carbonyl (C=O) groups is 1. The zero-order chi connectivity index (χ0) is 23.5. The molecule has 1 atom stereocenters. The van der Waals surface area contributed by atoms with Crippen molar-refractivity contribution in [2.24, 2.45) is 0 Å². The van der Waals surface area contributed by atoms with Crippen molar-refractivity contribution in [2.45, 2.75) is 25.3 Å². The fourth-order valence-electron chi connectivity index (χ4n) is 4.16. The van der Waals surface area contributed by atoms with E-state index in [2.05, 4.69) is 36.6 Å². The second-order valence-electron chi connectivity index (χ2n) is 8.23. The lowest BCUT2D eigenvalue weighted by atomic mass is 9.94. The van der Waals surface area contributed by atoms with Crippen molar-refractivity contribution in [3.63, 3.8) is 0 Å². The molecule has 0 bridgehead atoms. The molecule has 1 aromatic carbocycles. The molecule has 2 N–H and O–H groups in total. The zero-order valence-electron chi connectivity index (χ0n) is 18.3. The van der Waals surface area contributed by atoms with Crippen LogP contribution < -0.4 is 10.6 Å². The van der Waals surface area contributed by atoms with E-state index >= 15 is 0 Å². The van der Waals surface area contributed by atoms with Crippen LogP contribution in [-0.4, -0.2) is 43.6 Å². The smallest absolute Gasteiger partial charge is 0.321 e. The van der Waals surface area contributed by atoms with Gasteiger partial charge in [-0.05, 0) is 58.6 Å². The summed E-state index contributed by atoms with van der Waals surface area (Å²) in [6, 6.07) is 13.0. The highest BCUT2D eigenvalue weighted by Crippen LogP contribution is 2.30. The summed E-state index contributed by atoms with van der Waals surface area (Å²) in [6.45, 7) is 1.90. The summed E-state index contributed by atoms with van der Waals surface area (Å²) >= 11 is 9.62. The van der Waals surface area contributed by atoms with E-state index < -0.39 is 0 Å². The third-order valence-corrected chi connectivity index (χ3v) is 6.64. The highest BCUT2D eigenvalue weighted by Gasteiger charge is 2.27. The number of halogens is 2. The van der Waals surface area contributed by atoms with E-state index in [1.807, 2.05) is 41.4 Å². The molecule has 1 unspecified atom stereocenters. The molecule has 4 heterocycles. The fraction of sp³-hybridized carbons (Fsp3) is 0.250. The van der Waals surface area contributed by atoms with E-state index in [-0.39, 0.29) is 11.9 Å². The van der Waals surface area contributed by atoms with Gasteiger partial charge in [0.1, 0.15) is 5.82 Å². The van der Waals surface area contributed by atoms with Crippen LogP contribution in [0.1, 0.15) is 30.0 Å². The van der Waals surface area contributed by atoms with Crippen LogP contribution in [0.15, 0.2) is 65.5 Å². The van der Waals surface area contributed by atoms with E-state index in [1.54, 1.807) is 29.0 Å². The summed E-state index contributed by atoms with van der Waals surface area (Å²) < 4.78 is 2.61. The minimum absolute atomic E-state index is 0.115. The lowest BCUT2D eigenvalue weighted by Gasteiger charge is -2.32. The van der Waals surface area contributed by atoms with Crippen molar-refractivity contribution in [1.82, 2.24) is 24.5 Å². The quantitative estimate of drug-likeness (QED) is 0.346. The van der Waals surface area contributed by atoms with Gasteiger partial charge >= 0.3 is 6.03 Å². The first-order valence-electron chi connectivity index (χ1n) is 11.1. The molecule has 0 radical (unpaired) electrons. The number of nitrogens with zero attached hydrogens (tertiary/aromatic N) is 5. The number of pyridine rings is 1. The van der Waals surface area contributed by atoms with Crippen LogP contribution in [-0.2, 0) is 6.54 Å². The van der Waals surface area contributed by atoms with Crippen LogP contribution >= 0.6 is 27.5 Å². The van der Waals surface area contributed by atoms with Gasteiger partial charge in [0.15, 0.2) is 5.65 Å². The fourth-order valence-corrected chi connectivity index (χ4v) is 4.70. The Bertz CT molecular complexity index is 1310. The summed E-state index contributed by atoms with van der Waals surface area (Å²) in [7, 11) is 0. The Morgan fingerprint density at radius 2 is 2.12 bits per heavy atom. The number of benzene rings is 1. The summed E-state index contributed by atoms with van der Waals surface area (Å²) in [6.07, 6.45) is 7.20. The predicted octanol–water partition coefficient (Wildman–Crippen LogP) is 5.56. The maximum absolute atomic E-state index is 12.9. The molecule has 174 valence electrons. The third kappa shape index (κ3) is 5.00. The molecule has 8 nitrogen and oxygen atoms in total. The molecule has 34 heavy (non-hydrogen) atoms. The SMILES string of the molecule is O=C(Nc1cccc(Cl)c1)N1CCCC(c2cc(NCc3cccnc3)n3ncc(Br)c3n2)C1. The van der Waals surface area contributed by atoms with Gasteiger partial charge in [-0.1, -0.05) is 23.7 Å².